The van der Waals surface area contributed by atoms with E-state index in [9.17, 15) is 9.59 Å². The molecule has 5 heteroatoms. The summed E-state index contributed by atoms with van der Waals surface area (Å²) in [6, 6.07) is 18.2. The Balaban J connectivity index is 1.22. The maximum atomic E-state index is 12.8. The average molecular weight is 392 g/mol. The van der Waals surface area contributed by atoms with E-state index >= 15 is 0 Å². The lowest BCUT2D eigenvalue weighted by Gasteiger charge is -2.28. The molecule has 0 aromatic heterocycles. The van der Waals surface area contributed by atoms with E-state index in [0.29, 0.717) is 19.5 Å². The maximum Gasteiger partial charge on any atom is 0.327 e. The van der Waals surface area contributed by atoms with Gasteiger partial charge in [-0.05, 0) is 43.1 Å². The molecule has 0 bridgehead atoms. The minimum atomic E-state index is -0.311. The molecule has 0 saturated carbocycles. The zero-order chi connectivity index (χ0) is 20.2. The first kappa shape index (κ1) is 19.6. The van der Waals surface area contributed by atoms with Crippen molar-refractivity contribution in [2.75, 3.05) is 20.1 Å². The summed E-state index contributed by atoms with van der Waals surface area (Å²) >= 11 is 0. The van der Waals surface area contributed by atoms with E-state index in [2.05, 4.69) is 48.3 Å². The van der Waals surface area contributed by atoms with Crippen molar-refractivity contribution in [1.82, 2.24) is 14.7 Å². The zero-order valence-electron chi connectivity index (χ0n) is 17.1. The fourth-order valence-electron chi connectivity index (χ4n) is 4.38. The van der Waals surface area contributed by atoms with E-state index in [1.807, 2.05) is 18.2 Å². The summed E-state index contributed by atoms with van der Waals surface area (Å²) < 4.78 is 0. The fraction of sp³-hybridized carbons (Fsp3) is 0.417. The number of carbonyl (C=O) groups is 2. The van der Waals surface area contributed by atoms with Gasteiger partial charge < -0.3 is 9.80 Å². The second kappa shape index (κ2) is 8.78. The molecule has 2 aliphatic rings. The van der Waals surface area contributed by atoms with Gasteiger partial charge in [-0.2, -0.15) is 0 Å². The number of urea groups is 1. The molecule has 2 aromatic rings. The minimum absolute atomic E-state index is 0.0225. The van der Waals surface area contributed by atoms with Gasteiger partial charge in [0.05, 0.1) is 0 Å². The first-order chi connectivity index (χ1) is 14.1. The summed E-state index contributed by atoms with van der Waals surface area (Å²) in [7, 11) is 2.14. The van der Waals surface area contributed by atoms with E-state index in [-0.39, 0.29) is 18.0 Å². The third kappa shape index (κ3) is 4.35. The molecular weight excluding hydrogens is 362 g/mol. The van der Waals surface area contributed by atoms with Crippen LogP contribution in [-0.4, -0.2) is 52.8 Å². The molecule has 0 radical (unpaired) electrons. The summed E-state index contributed by atoms with van der Waals surface area (Å²) in [5.74, 6) is -0.0225. The van der Waals surface area contributed by atoms with Gasteiger partial charge in [0.25, 0.3) is 5.91 Å². The van der Waals surface area contributed by atoms with Crippen LogP contribution in [0.15, 0.2) is 54.6 Å². The minimum Gasteiger partial charge on any atom is -0.308 e. The first-order valence-electron chi connectivity index (χ1n) is 10.5. The van der Waals surface area contributed by atoms with Gasteiger partial charge in [-0.15, -0.1) is 0 Å². The third-order valence-electron chi connectivity index (χ3n) is 5.99. The van der Waals surface area contributed by atoms with Gasteiger partial charge in [-0.1, -0.05) is 61.0 Å². The van der Waals surface area contributed by atoms with E-state index in [0.717, 1.165) is 37.9 Å². The Kier molecular flexibility index (Phi) is 5.95. The molecule has 0 N–H and O–H groups in total. The van der Waals surface area contributed by atoms with E-state index in [1.54, 1.807) is 4.90 Å². The van der Waals surface area contributed by atoms with Crippen molar-refractivity contribution in [3.8, 4) is 0 Å². The number of hydrogen-bond donors (Lipinski definition) is 0. The highest BCUT2D eigenvalue weighted by Crippen LogP contribution is 2.30. The van der Waals surface area contributed by atoms with Crippen LogP contribution >= 0.6 is 0 Å². The van der Waals surface area contributed by atoms with Crippen molar-refractivity contribution < 1.29 is 9.59 Å². The third-order valence-corrected chi connectivity index (χ3v) is 5.99. The van der Waals surface area contributed by atoms with Crippen molar-refractivity contribution in [3.63, 3.8) is 0 Å². The largest absolute Gasteiger partial charge is 0.327 e. The summed E-state index contributed by atoms with van der Waals surface area (Å²) in [5.41, 5.74) is 3.67. The van der Waals surface area contributed by atoms with Crippen LogP contribution in [0.25, 0.3) is 0 Å². The molecule has 0 aliphatic carbocycles. The quantitative estimate of drug-likeness (QED) is 0.509. The number of imide groups is 1. The van der Waals surface area contributed by atoms with Gasteiger partial charge in [0.1, 0.15) is 6.04 Å². The Morgan fingerprint density at radius 2 is 1.66 bits per heavy atom. The molecule has 5 nitrogen and oxygen atoms in total. The van der Waals surface area contributed by atoms with Gasteiger partial charge in [-0.3, -0.25) is 9.69 Å². The Morgan fingerprint density at radius 3 is 2.45 bits per heavy atom. The predicted octanol–water partition coefficient (Wildman–Crippen LogP) is 3.68. The van der Waals surface area contributed by atoms with Crippen molar-refractivity contribution in [2.45, 2.75) is 44.8 Å². The van der Waals surface area contributed by atoms with E-state index in [4.69, 9.17) is 0 Å². The molecule has 1 atom stereocenters. The van der Waals surface area contributed by atoms with Crippen LogP contribution in [0.3, 0.4) is 0 Å². The Labute approximate surface area is 172 Å². The van der Waals surface area contributed by atoms with Gasteiger partial charge in [0.15, 0.2) is 0 Å². The van der Waals surface area contributed by atoms with Crippen LogP contribution in [0.1, 0.15) is 36.0 Å². The molecule has 4 rings (SSSR count). The zero-order valence-corrected chi connectivity index (χ0v) is 17.1. The molecule has 1 saturated heterocycles. The topological polar surface area (TPSA) is 43.9 Å². The Hall–Kier alpha value is -2.66. The predicted molar refractivity (Wildman–Crippen MR) is 113 cm³/mol. The number of nitrogens with zero attached hydrogens (tertiary/aromatic N) is 3. The average Bonchev–Trinajstić information content (AvgIpc) is 2.97. The number of benzene rings is 2. The maximum absolute atomic E-state index is 12.8. The monoisotopic (exact) mass is 391 g/mol. The van der Waals surface area contributed by atoms with Crippen molar-refractivity contribution in [1.29, 1.82) is 0 Å². The number of rotatable bonds is 8. The highest BCUT2D eigenvalue weighted by atomic mass is 16.2. The van der Waals surface area contributed by atoms with Crippen molar-refractivity contribution in [2.24, 2.45) is 0 Å². The number of amides is 3. The smallest absolute Gasteiger partial charge is 0.308 e. The van der Waals surface area contributed by atoms with Crippen LogP contribution in [0.4, 0.5) is 4.79 Å². The molecule has 2 heterocycles. The summed E-state index contributed by atoms with van der Waals surface area (Å²) in [6.45, 7) is 3.04. The van der Waals surface area contributed by atoms with Crippen molar-refractivity contribution in [3.05, 3.63) is 71.3 Å². The van der Waals surface area contributed by atoms with Gasteiger partial charge >= 0.3 is 6.03 Å². The van der Waals surface area contributed by atoms with E-state index < -0.39 is 0 Å². The lowest BCUT2D eigenvalue weighted by atomic mass is 9.95. The summed E-state index contributed by atoms with van der Waals surface area (Å²) in [6.07, 6.45) is 3.59. The number of unbranched alkanes of at least 4 members (excludes halogenated alkanes) is 2. The second-order valence-electron chi connectivity index (χ2n) is 8.17. The lowest BCUT2D eigenvalue weighted by molar-refractivity contribution is -0.128. The van der Waals surface area contributed by atoms with Gasteiger partial charge in [-0.25, -0.2) is 4.79 Å². The number of hydrogen-bond acceptors (Lipinski definition) is 3. The molecule has 2 aromatic carbocycles. The normalized spacial score (nSPS) is 18.3. The molecule has 2 aliphatic heterocycles. The SMILES string of the molecule is CN(CCCCCN1C(=O)[C@@H]2Cc3ccccc3CN2C1=O)Cc1ccccc1. The number of fused-ring (bicyclic) bond motifs is 2. The molecule has 152 valence electrons. The standard InChI is InChI=1S/C24H29N3O2/c1-25(17-19-10-4-2-5-11-19)14-8-3-9-15-26-23(28)22-16-20-12-6-7-13-21(20)18-27(22)24(26)29/h2,4-7,10-13,22H,3,8-9,14-18H2,1H3/t22-/m0/s1. The number of carbonyl (C=O) groups excluding carboxylic acids is 2. The van der Waals surface area contributed by atoms with E-state index in [1.165, 1.54) is 16.0 Å². The summed E-state index contributed by atoms with van der Waals surface area (Å²) in [5, 5.41) is 0. The fourth-order valence-corrected chi connectivity index (χ4v) is 4.38. The first-order valence-corrected chi connectivity index (χ1v) is 10.5. The molecular formula is C24H29N3O2. The van der Waals surface area contributed by atoms with Crippen LogP contribution in [0, 0.1) is 0 Å². The summed E-state index contributed by atoms with van der Waals surface area (Å²) in [4.78, 5) is 31.1. The molecule has 3 amide bonds. The highest BCUT2D eigenvalue weighted by molar-refractivity contribution is 6.04. The van der Waals surface area contributed by atoms with Crippen molar-refractivity contribution >= 4 is 11.9 Å². The Bertz CT molecular complexity index is 824. The second-order valence-corrected chi connectivity index (χ2v) is 8.17. The molecule has 29 heavy (non-hydrogen) atoms. The van der Waals surface area contributed by atoms with Crippen LogP contribution in [0.2, 0.25) is 0 Å². The van der Waals surface area contributed by atoms with Gasteiger partial charge in [0.2, 0.25) is 0 Å². The van der Waals surface area contributed by atoms with Gasteiger partial charge in [0, 0.05) is 26.1 Å². The lowest BCUT2D eigenvalue weighted by Crippen LogP contribution is -2.39. The van der Waals surface area contributed by atoms with Crippen LogP contribution in [0.5, 0.6) is 0 Å². The highest BCUT2D eigenvalue weighted by Gasteiger charge is 2.46. The molecule has 0 spiro atoms. The molecule has 0 unspecified atom stereocenters. The molecule has 1 fully saturated rings. The Morgan fingerprint density at radius 1 is 0.931 bits per heavy atom. The van der Waals surface area contributed by atoms with Crippen LogP contribution < -0.4 is 0 Å². The van der Waals surface area contributed by atoms with Crippen LogP contribution in [-0.2, 0) is 24.3 Å².